The third kappa shape index (κ3) is 4.62. The van der Waals surface area contributed by atoms with Gasteiger partial charge in [-0.1, -0.05) is 4.49 Å². The van der Waals surface area contributed by atoms with Gasteiger partial charge in [-0.05, 0) is 59.9 Å². The Labute approximate surface area is 156 Å². The minimum absolute atomic E-state index is 0.0108. The van der Waals surface area contributed by atoms with E-state index in [1.807, 2.05) is 0 Å². The summed E-state index contributed by atoms with van der Waals surface area (Å²) in [6.07, 6.45) is -0.219. The van der Waals surface area contributed by atoms with Crippen molar-refractivity contribution in [1.82, 2.24) is 9.59 Å². The SMILES string of the molecule is O=C(O)CCc1cc(F)c(OCc2snnc2-c2ccc(F)cc2)c(F)c1. The molecule has 3 rings (SSSR count). The summed E-state index contributed by atoms with van der Waals surface area (Å²) in [5.41, 5.74) is 1.28. The highest BCUT2D eigenvalue weighted by Crippen LogP contribution is 2.28. The predicted molar refractivity (Wildman–Crippen MR) is 91.9 cm³/mol. The summed E-state index contributed by atoms with van der Waals surface area (Å²) in [5.74, 6) is -3.85. The number of benzene rings is 2. The van der Waals surface area contributed by atoms with Crippen LogP contribution in [-0.4, -0.2) is 20.7 Å². The Hall–Kier alpha value is -2.94. The quantitative estimate of drug-likeness (QED) is 0.650. The van der Waals surface area contributed by atoms with Crippen LogP contribution in [0, 0.1) is 17.5 Å². The van der Waals surface area contributed by atoms with Crippen LogP contribution in [-0.2, 0) is 17.8 Å². The Balaban J connectivity index is 1.75. The zero-order chi connectivity index (χ0) is 19.4. The maximum absolute atomic E-state index is 14.2. The molecule has 0 aliphatic rings. The van der Waals surface area contributed by atoms with E-state index in [-0.39, 0.29) is 25.0 Å². The molecular weight excluding hydrogens is 381 g/mol. The molecule has 0 spiro atoms. The highest BCUT2D eigenvalue weighted by Gasteiger charge is 2.16. The van der Waals surface area contributed by atoms with E-state index in [9.17, 15) is 18.0 Å². The van der Waals surface area contributed by atoms with Gasteiger partial charge in [0.05, 0.1) is 4.88 Å². The highest BCUT2D eigenvalue weighted by molar-refractivity contribution is 7.05. The first-order valence-corrected chi connectivity index (χ1v) is 8.61. The summed E-state index contributed by atoms with van der Waals surface area (Å²) in [4.78, 5) is 11.1. The van der Waals surface area contributed by atoms with Crippen molar-refractivity contribution in [2.24, 2.45) is 0 Å². The number of carbonyl (C=O) groups is 1. The second kappa shape index (κ2) is 8.17. The standard InChI is InChI=1S/C18H13F3N2O3S/c19-12-4-2-11(3-5-12)17-15(27-23-22-17)9-26-18-13(20)7-10(8-14(18)21)1-6-16(24)25/h2-5,7-8H,1,6,9H2,(H,24,25). The van der Waals surface area contributed by atoms with E-state index in [1.165, 1.54) is 24.3 Å². The van der Waals surface area contributed by atoms with Crippen LogP contribution in [0.5, 0.6) is 5.75 Å². The second-order valence-corrected chi connectivity index (χ2v) is 6.46. The number of aryl methyl sites for hydroxylation is 1. The molecule has 0 fully saturated rings. The number of hydrogen-bond donors (Lipinski definition) is 1. The largest absolute Gasteiger partial charge is 0.482 e. The van der Waals surface area contributed by atoms with Gasteiger partial charge in [0, 0.05) is 12.0 Å². The Morgan fingerprint density at radius 1 is 1.11 bits per heavy atom. The van der Waals surface area contributed by atoms with Gasteiger partial charge in [0.1, 0.15) is 18.1 Å². The van der Waals surface area contributed by atoms with Crippen LogP contribution in [0.25, 0.3) is 11.3 Å². The van der Waals surface area contributed by atoms with E-state index in [4.69, 9.17) is 9.84 Å². The van der Waals surface area contributed by atoms with E-state index < -0.39 is 29.2 Å². The topological polar surface area (TPSA) is 72.3 Å². The first-order chi connectivity index (χ1) is 12.9. The van der Waals surface area contributed by atoms with E-state index >= 15 is 0 Å². The molecule has 0 unspecified atom stereocenters. The molecule has 0 saturated heterocycles. The van der Waals surface area contributed by atoms with E-state index in [1.54, 1.807) is 0 Å². The Bertz CT molecular complexity index is 938. The summed E-state index contributed by atoms with van der Waals surface area (Å²) in [6, 6.07) is 7.69. The molecule has 0 saturated carbocycles. The van der Waals surface area contributed by atoms with Gasteiger partial charge in [-0.2, -0.15) is 0 Å². The monoisotopic (exact) mass is 394 g/mol. The smallest absolute Gasteiger partial charge is 0.303 e. The highest BCUT2D eigenvalue weighted by atomic mass is 32.1. The molecule has 0 amide bonds. The number of nitrogens with zero attached hydrogens (tertiary/aromatic N) is 2. The number of carboxylic acid groups (broad SMARTS) is 1. The molecule has 2 aromatic carbocycles. The van der Waals surface area contributed by atoms with Crippen molar-refractivity contribution >= 4 is 17.5 Å². The molecule has 9 heteroatoms. The Morgan fingerprint density at radius 3 is 2.41 bits per heavy atom. The van der Waals surface area contributed by atoms with Gasteiger partial charge in [-0.25, -0.2) is 13.2 Å². The number of hydrogen-bond acceptors (Lipinski definition) is 5. The van der Waals surface area contributed by atoms with Gasteiger partial charge >= 0.3 is 5.97 Å². The molecular formula is C18H13F3N2O3S. The normalized spacial score (nSPS) is 10.8. The molecule has 0 aliphatic heterocycles. The average Bonchev–Trinajstić information content (AvgIpc) is 3.08. The van der Waals surface area contributed by atoms with Crippen molar-refractivity contribution < 1.29 is 27.8 Å². The van der Waals surface area contributed by atoms with Gasteiger partial charge in [0.15, 0.2) is 17.4 Å². The molecule has 0 bridgehead atoms. The Morgan fingerprint density at radius 2 is 1.78 bits per heavy atom. The van der Waals surface area contributed by atoms with Crippen LogP contribution in [0.2, 0.25) is 0 Å². The summed E-state index contributed by atoms with van der Waals surface area (Å²) in [7, 11) is 0. The molecule has 140 valence electrons. The van der Waals surface area contributed by atoms with Gasteiger partial charge in [-0.3, -0.25) is 4.79 Å². The number of rotatable bonds is 7. The van der Waals surface area contributed by atoms with Gasteiger partial charge < -0.3 is 9.84 Å². The van der Waals surface area contributed by atoms with Gasteiger partial charge in [-0.15, -0.1) is 5.10 Å². The third-order valence-corrected chi connectivity index (χ3v) is 4.40. The number of carboxylic acids is 1. The van der Waals surface area contributed by atoms with Crippen molar-refractivity contribution in [3.05, 3.63) is 64.3 Å². The molecule has 1 aromatic heterocycles. The fourth-order valence-corrected chi connectivity index (χ4v) is 2.99. The summed E-state index contributed by atoms with van der Waals surface area (Å²) in [6.45, 7) is -0.174. The third-order valence-electron chi connectivity index (χ3n) is 3.71. The molecule has 1 N–H and O–H groups in total. The fraction of sp³-hybridized carbons (Fsp3) is 0.167. The molecule has 0 atom stereocenters. The second-order valence-electron chi connectivity index (χ2n) is 5.62. The lowest BCUT2D eigenvalue weighted by Crippen LogP contribution is -2.03. The summed E-state index contributed by atoms with van der Waals surface area (Å²) >= 11 is 1.00. The number of halogens is 3. The van der Waals surface area contributed by atoms with E-state index in [0.29, 0.717) is 16.1 Å². The van der Waals surface area contributed by atoms with Crippen molar-refractivity contribution in [3.63, 3.8) is 0 Å². The first kappa shape index (κ1) is 18.8. The summed E-state index contributed by atoms with van der Waals surface area (Å²) < 4.78 is 50.4. The van der Waals surface area contributed by atoms with Crippen LogP contribution < -0.4 is 4.74 Å². The Kier molecular flexibility index (Phi) is 5.70. The van der Waals surface area contributed by atoms with Crippen molar-refractivity contribution in [2.45, 2.75) is 19.4 Å². The molecule has 0 radical (unpaired) electrons. The van der Waals surface area contributed by atoms with Crippen molar-refractivity contribution in [2.75, 3.05) is 0 Å². The number of aliphatic carboxylic acids is 1. The van der Waals surface area contributed by atoms with E-state index in [2.05, 4.69) is 9.59 Å². The molecule has 0 aliphatic carbocycles. The van der Waals surface area contributed by atoms with Gasteiger partial charge in [0.25, 0.3) is 0 Å². The van der Waals surface area contributed by atoms with Crippen LogP contribution in [0.4, 0.5) is 13.2 Å². The lowest BCUT2D eigenvalue weighted by Gasteiger charge is -2.10. The molecule has 3 aromatic rings. The van der Waals surface area contributed by atoms with Crippen LogP contribution in [0.1, 0.15) is 16.9 Å². The molecule has 1 heterocycles. The lowest BCUT2D eigenvalue weighted by molar-refractivity contribution is -0.136. The number of ether oxygens (including phenoxy) is 1. The predicted octanol–water partition coefficient (Wildman–Crippen LogP) is 4.22. The van der Waals surface area contributed by atoms with E-state index in [0.717, 1.165) is 23.7 Å². The summed E-state index contributed by atoms with van der Waals surface area (Å²) in [5, 5.41) is 12.6. The number of aromatic nitrogens is 2. The van der Waals surface area contributed by atoms with Crippen LogP contribution in [0.3, 0.4) is 0 Å². The molecule has 27 heavy (non-hydrogen) atoms. The maximum atomic E-state index is 14.2. The van der Waals surface area contributed by atoms with Crippen molar-refractivity contribution in [1.29, 1.82) is 0 Å². The van der Waals surface area contributed by atoms with Crippen LogP contribution >= 0.6 is 11.5 Å². The average molecular weight is 394 g/mol. The lowest BCUT2D eigenvalue weighted by atomic mass is 10.1. The maximum Gasteiger partial charge on any atom is 0.303 e. The van der Waals surface area contributed by atoms with Crippen molar-refractivity contribution in [3.8, 4) is 17.0 Å². The van der Waals surface area contributed by atoms with Crippen LogP contribution in [0.15, 0.2) is 36.4 Å². The first-order valence-electron chi connectivity index (χ1n) is 7.83. The minimum Gasteiger partial charge on any atom is -0.482 e. The zero-order valence-electron chi connectivity index (χ0n) is 13.8. The zero-order valence-corrected chi connectivity index (χ0v) is 14.6. The molecule has 5 nitrogen and oxygen atoms in total. The minimum atomic E-state index is -1.05. The fourth-order valence-electron chi connectivity index (χ4n) is 2.41. The van der Waals surface area contributed by atoms with Gasteiger partial charge in [0.2, 0.25) is 0 Å².